The second kappa shape index (κ2) is 10.5. The quantitative estimate of drug-likeness (QED) is 0.638. The van der Waals surface area contributed by atoms with Gasteiger partial charge in [0.15, 0.2) is 0 Å². The van der Waals surface area contributed by atoms with Crippen molar-refractivity contribution >= 4 is 39.3 Å². The van der Waals surface area contributed by atoms with E-state index in [0.717, 1.165) is 22.0 Å². The first kappa shape index (κ1) is 21.5. The lowest BCUT2D eigenvalue weighted by Crippen LogP contribution is -2.48. The van der Waals surface area contributed by atoms with Crippen LogP contribution in [0, 0.1) is 0 Å². The van der Waals surface area contributed by atoms with Crippen LogP contribution in [-0.4, -0.2) is 29.3 Å². The zero-order chi connectivity index (χ0) is 19.8. The molecule has 4 nitrogen and oxygen atoms in total. The Morgan fingerprint density at radius 1 is 1.07 bits per heavy atom. The minimum absolute atomic E-state index is 0.0978. The van der Waals surface area contributed by atoms with E-state index < -0.39 is 6.04 Å². The average Bonchev–Trinajstić information content (AvgIpc) is 2.66. The molecule has 0 saturated heterocycles. The summed E-state index contributed by atoms with van der Waals surface area (Å²) in [7, 11) is 0. The van der Waals surface area contributed by atoms with Gasteiger partial charge in [-0.2, -0.15) is 0 Å². The molecule has 0 aliphatic carbocycles. The summed E-state index contributed by atoms with van der Waals surface area (Å²) in [6.07, 6.45) is 1.07. The molecule has 0 radical (unpaired) electrons. The Balaban J connectivity index is 2.18. The largest absolute Gasteiger partial charge is 0.354 e. The van der Waals surface area contributed by atoms with Gasteiger partial charge in [-0.25, -0.2) is 0 Å². The van der Waals surface area contributed by atoms with Crippen molar-refractivity contribution in [3.63, 3.8) is 0 Å². The number of nitrogens with one attached hydrogen (secondary N) is 1. The molecule has 0 fully saturated rings. The first-order valence-electron chi connectivity index (χ1n) is 8.96. The standard InChI is InChI=1S/C21H24BrClN2O2/c1-3-12-24-21(27)15(2)25(14-17-4-8-18(22)9-5-17)20(26)13-16-6-10-19(23)11-7-16/h4-11,15H,3,12-14H2,1-2H3,(H,24,27). The monoisotopic (exact) mass is 450 g/mol. The van der Waals surface area contributed by atoms with Crippen LogP contribution in [0.2, 0.25) is 5.02 Å². The summed E-state index contributed by atoms with van der Waals surface area (Å²) in [5.74, 6) is -0.238. The summed E-state index contributed by atoms with van der Waals surface area (Å²) < 4.78 is 0.971. The Bertz CT molecular complexity index is 763. The van der Waals surface area contributed by atoms with Crippen LogP contribution in [0.4, 0.5) is 0 Å². The molecule has 2 rings (SSSR count). The average molecular weight is 452 g/mol. The topological polar surface area (TPSA) is 49.4 Å². The molecule has 6 heteroatoms. The number of hydrogen-bond acceptors (Lipinski definition) is 2. The maximum Gasteiger partial charge on any atom is 0.242 e. The molecule has 1 N–H and O–H groups in total. The highest BCUT2D eigenvalue weighted by atomic mass is 79.9. The van der Waals surface area contributed by atoms with E-state index in [0.29, 0.717) is 18.1 Å². The van der Waals surface area contributed by atoms with Crippen LogP contribution in [0.25, 0.3) is 0 Å². The van der Waals surface area contributed by atoms with Gasteiger partial charge in [0.25, 0.3) is 0 Å². The Kier molecular flexibility index (Phi) is 8.32. The highest BCUT2D eigenvalue weighted by Crippen LogP contribution is 2.16. The zero-order valence-electron chi connectivity index (χ0n) is 15.5. The molecular formula is C21H24BrClN2O2. The third-order valence-corrected chi connectivity index (χ3v) is 5.03. The lowest BCUT2D eigenvalue weighted by atomic mass is 10.1. The van der Waals surface area contributed by atoms with Gasteiger partial charge in [0.2, 0.25) is 11.8 Å². The molecular weight excluding hydrogens is 428 g/mol. The molecule has 2 aromatic rings. The van der Waals surface area contributed by atoms with E-state index in [1.54, 1.807) is 24.0 Å². The molecule has 0 aliphatic heterocycles. The molecule has 2 amide bonds. The van der Waals surface area contributed by atoms with Gasteiger partial charge in [-0.15, -0.1) is 0 Å². The van der Waals surface area contributed by atoms with Crippen LogP contribution in [0.3, 0.4) is 0 Å². The van der Waals surface area contributed by atoms with Crippen molar-refractivity contribution in [2.75, 3.05) is 6.54 Å². The van der Waals surface area contributed by atoms with Crippen molar-refractivity contribution < 1.29 is 9.59 Å². The second-order valence-electron chi connectivity index (χ2n) is 6.42. The zero-order valence-corrected chi connectivity index (χ0v) is 17.9. The van der Waals surface area contributed by atoms with E-state index in [1.165, 1.54) is 0 Å². The van der Waals surface area contributed by atoms with Gasteiger partial charge in [-0.05, 0) is 48.7 Å². The highest BCUT2D eigenvalue weighted by Gasteiger charge is 2.26. The summed E-state index contributed by atoms with van der Waals surface area (Å²) in [4.78, 5) is 27.1. The molecule has 0 saturated carbocycles. The molecule has 0 spiro atoms. The smallest absolute Gasteiger partial charge is 0.242 e. The molecule has 2 aromatic carbocycles. The Hall–Kier alpha value is -1.85. The number of amides is 2. The molecule has 27 heavy (non-hydrogen) atoms. The van der Waals surface area contributed by atoms with Crippen LogP contribution in [0.15, 0.2) is 53.0 Å². The Morgan fingerprint density at radius 2 is 1.67 bits per heavy atom. The maximum absolute atomic E-state index is 13.0. The highest BCUT2D eigenvalue weighted by molar-refractivity contribution is 9.10. The van der Waals surface area contributed by atoms with Crippen LogP contribution in [0.5, 0.6) is 0 Å². The number of hydrogen-bond donors (Lipinski definition) is 1. The van der Waals surface area contributed by atoms with Gasteiger partial charge < -0.3 is 10.2 Å². The predicted octanol–water partition coefficient (Wildman–Crippen LogP) is 4.59. The van der Waals surface area contributed by atoms with E-state index >= 15 is 0 Å². The Morgan fingerprint density at radius 3 is 2.26 bits per heavy atom. The number of carbonyl (C=O) groups is 2. The van der Waals surface area contributed by atoms with Crippen LogP contribution < -0.4 is 5.32 Å². The van der Waals surface area contributed by atoms with Crippen LogP contribution >= 0.6 is 27.5 Å². The van der Waals surface area contributed by atoms with Crippen molar-refractivity contribution in [3.8, 4) is 0 Å². The fraction of sp³-hybridized carbons (Fsp3) is 0.333. The fourth-order valence-electron chi connectivity index (χ4n) is 2.64. The molecule has 1 atom stereocenters. The van der Waals surface area contributed by atoms with Gasteiger partial charge in [0, 0.05) is 22.6 Å². The number of nitrogens with zero attached hydrogens (tertiary/aromatic N) is 1. The SMILES string of the molecule is CCCNC(=O)C(C)N(Cc1ccc(Br)cc1)C(=O)Cc1ccc(Cl)cc1. The normalized spacial score (nSPS) is 11.7. The van der Waals surface area contributed by atoms with E-state index in [-0.39, 0.29) is 18.2 Å². The van der Waals surface area contributed by atoms with Gasteiger partial charge in [0.05, 0.1) is 6.42 Å². The van der Waals surface area contributed by atoms with Crippen molar-refractivity contribution in [3.05, 3.63) is 69.2 Å². The van der Waals surface area contributed by atoms with Crippen molar-refractivity contribution in [1.29, 1.82) is 0 Å². The molecule has 1 unspecified atom stereocenters. The summed E-state index contributed by atoms with van der Waals surface area (Å²) in [5.41, 5.74) is 1.84. The minimum Gasteiger partial charge on any atom is -0.354 e. The molecule has 144 valence electrons. The first-order valence-corrected chi connectivity index (χ1v) is 10.1. The second-order valence-corrected chi connectivity index (χ2v) is 7.77. The van der Waals surface area contributed by atoms with E-state index in [1.807, 2.05) is 43.3 Å². The summed E-state index contributed by atoms with van der Waals surface area (Å²) in [6.45, 7) is 4.74. The van der Waals surface area contributed by atoms with Crippen LogP contribution in [0.1, 0.15) is 31.4 Å². The number of benzene rings is 2. The van der Waals surface area contributed by atoms with E-state index in [9.17, 15) is 9.59 Å². The number of carbonyl (C=O) groups excluding carboxylic acids is 2. The predicted molar refractivity (Wildman–Crippen MR) is 113 cm³/mol. The van der Waals surface area contributed by atoms with Crippen molar-refractivity contribution in [1.82, 2.24) is 10.2 Å². The lowest BCUT2D eigenvalue weighted by molar-refractivity contribution is -0.140. The first-order chi connectivity index (χ1) is 12.9. The van der Waals surface area contributed by atoms with E-state index in [2.05, 4.69) is 21.2 Å². The van der Waals surface area contributed by atoms with Gasteiger partial charge in [-0.3, -0.25) is 9.59 Å². The Labute approximate surface area is 174 Å². The van der Waals surface area contributed by atoms with Crippen molar-refractivity contribution in [2.24, 2.45) is 0 Å². The summed E-state index contributed by atoms with van der Waals surface area (Å²) in [5, 5.41) is 3.51. The fourth-order valence-corrected chi connectivity index (χ4v) is 3.03. The summed E-state index contributed by atoms with van der Waals surface area (Å²) in [6, 6.07) is 14.4. The third kappa shape index (κ3) is 6.67. The van der Waals surface area contributed by atoms with Crippen molar-refractivity contribution in [2.45, 2.75) is 39.3 Å². The minimum atomic E-state index is -0.556. The summed E-state index contributed by atoms with van der Waals surface area (Å²) >= 11 is 9.34. The molecule has 0 aliphatic rings. The van der Waals surface area contributed by atoms with E-state index in [4.69, 9.17) is 11.6 Å². The maximum atomic E-state index is 13.0. The molecule has 0 bridgehead atoms. The third-order valence-electron chi connectivity index (χ3n) is 4.25. The van der Waals surface area contributed by atoms with Gasteiger partial charge in [-0.1, -0.05) is 58.7 Å². The number of halogens is 2. The molecule has 0 aromatic heterocycles. The van der Waals surface area contributed by atoms with Gasteiger partial charge >= 0.3 is 0 Å². The molecule has 0 heterocycles. The van der Waals surface area contributed by atoms with Crippen LogP contribution in [-0.2, 0) is 22.6 Å². The van der Waals surface area contributed by atoms with Gasteiger partial charge in [0.1, 0.15) is 6.04 Å². The lowest BCUT2D eigenvalue weighted by Gasteiger charge is -2.29. The number of rotatable bonds is 8.